The number of aromatic nitrogens is 2. The van der Waals surface area contributed by atoms with Crippen molar-refractivity contribution < 1.29 is 14.3 Å². The van der Waals surface area contributed by atoms with Crippen molar-refractivity contribution in [1.29, 1.82) is 0 Å². The van der Waals surface area contributed by atoms with Crippen LogP contribution in [0.3, 0.4) is 0 Å². The highest BCUT2D eigenvalue weighted by Gasteiger charge is 2.18. The van der Waals surface area contributed by atoms with E-state index < -0.39 is 0 Å². The lowest BCUT2D eigenvalue weighted by Crippen LogP contribution is -2.30. The Hall–Kier alpha value is -3.61. The molecule has 2 heterocycles. The van der Waals surface area contributed by atoms with Crippen molar-refractivity contribution in [2.45, 2.75) is 25.8 Å². The van der Waals surface area contributed by atoms with Gasteiger partial charge in [0, 0.05) is 48.7 Å². The highest BCUT2D eigenvalue weighted by molar-refractivity contribution is 5.94. The van der Waals surface area contributed by atoms with Crippen LogP contribution in [0.1, 0.15) is 35.2 Å². The first-order chi connectivity index (χ1) is 15.7. The molecule has 0 unspecified atom stereocenters. The number of hydrogen-bond acceptors (Lipinski definition) is 6. The van der Waals surface area contributed by atoms with Gasteiger partial charge in [-0.2, -0.15) is 0 Å². The number of carbonyl (C=O) groups is 1. The minimum atomic E-state index is -0.156. The van der Waals surface area contributed by atoms with Crippen molar-refractivity contribution in [1.82, 2.24) is 15.3 Å². The highest BCUT2D eigenvalue weighted by Crippen LogP contribution is 2.29. The maximum absolute atomic E-state index is 12.7. The predicted octanol–water partition coefficient (Wildman–Crippen LogP) is 4.08. The molecule has 1 fully saturated rings. The van der Waals surface area contributed by atoms with E-state index in [1.54, 1.807) is 26.6 Å². The van der Waals surface area contributed by atoms with Crippen LogP contribution < -0.4 is 19.7 Å². The number of hydrogen-bond donors (Lipinski definition) is 1. The standard InChI is InChI=1S/C25H28N4O3/c1-31-21-10-11-22(32-2)20(16-21)17-28-25(30)19-8-6-18(7-9-19)23-24(27-13-12-26-23)29-14-4-3-5-15-29/h6-13,16H,3-5,14-15,17H2,1-2H3,(H,28,30). The molecule has 1 aliphatic heterocycles. The quantitative estimate of drug-likeness (QED) is 0.606. The van der Waals surface area contributed by atoms with Gasteiger partial charge in [0.1, 0.15) is 17.2 Å². The van der Waals surface area contributed by atoms with Gasteiger partial charge in [0.2, 0.25) is 0 Å². The fourth-order valence-electron chi connectivity index (χ4n) is 3.95. The van der Waals surface area contributed by atoms with E-state index in [0.29, 0.717) is 23.6 Å². The van der Waals surface area contributed by atoms with Gasteiger partial charge in [-0.1, -0.05) is 12.1 Å². The molecule has 4 rings (SSSR count). The Balaban J connectivity index is 1.47. The maximum Gasteiger partial charge on any atom is 0.251 e. The number of nitrogens with one attached hydrogen (secondary N) is 1. The summed E-state index contributed by atoms with van der Waals surface area (Å²) in [5.74, 6) is 2.17. The summed E-state index contributed by atoms with van der Waals surface area (Å²) in [5, 5.41) is 2.95. The van der Waals surface area contributed by atoms with Crippen LogP contribution in [0.4, 0.5) is 5.82 Å². The molecule has 7 heteroatoms. The summed E-state index contributed by atoms with van der Waals surface area (Å²) in [6, 6.07) is 13.0. The van der Waals surface area contributed by atoms with Crippen LogP contribution in [0.25, 0.3) is 11.3 Å². The van der Waals surface area contributed by atoms with E-state index in [1.807, 2.05) is 42.5 Å². The van der Waals surface area contributed by atoms with Gasteiger partial charge >= 0.3 is 0 Å². The zero-order chi connectivity index (χ0) is 22.3. The maximum atomic E-state index is 12.7. The second-order valence-corrected chi connectivity index (χ2v) is 7.71. The molecule has 1 saturated heterocycles. The van der Waals surface area contributed by atoms with Crippen LogP contribution in [0.2, 0.25) is 0 Å². The lowest BCUT2D eigenvalue weighted by atomic mass is 10.1. The van der Waals surface area contributed by atoms with E-state index in [0.717, 1.165) is 35.7 Å². The molecule has 166 valence electrons. The Kier molecular flexibility index (Phi) is 6.84. The average molecular weight is 433 g/mol. The number of methoxy groups -OCH3 is 2. The Morgan fingerprint density at radius 3 is 2.44 bits per heavy atom. The van der Waals surface area contributed by atoms with E-state index in [2.05, 4.69) is 20.2 Å². The number of carbonyl (C=O) groups excluding carboxylic acids is 1. The summed E-state index contributed by atoms with van der Waals surface area (Å²) >= 11 is 0. The van der Waals surface area contributed by atoms with Crippen LogP contribution in [-0.2, 0) is 6.54 Å². The summed E-state index contributed by atoms with van der Waals surface area (Å²) < 4.78 is 10.7. The molecule has 2 aromatic carbocycles. The molecule has 0 atom stereocenters. The Bertz CT molecular complexity index is 1060. The SMILES string of the molecule is COc1ccc(OC)c(CNC(=O)c2ccc(-c3nccnc3N3CCCCC3)cc2)c1. The van der Waals surface area contributed by atoms with Gasteiger partial charge in [-0.15, -0.1) is 0 Å². The monoisotopic (exact) mass is 432 g/mol. The lowest BCUT2D eigenvalue weighted by Gasteiger charge is -2.28. The molecule has 0 radical (unpaired) electrons. The summed E-state index contributed by atoms with van der Waals surface area (Å²) in [4.78, 5) is 24.2. The smallest absolute Gasteiger partial charge is 0.251 e. The van der Waals surface area contributed by atoms with Gasteiger partial charge in [0.25, 0.3) is 5.91 Å². The van der Waals surface area contributed by atoms with Crippen molar-refractivity contribution in [3.05, 3.63) is 66.0 Å². The predicted molar refractivity (Wildman–Crippen MR) is 124 cm³/mol. The zero-order valence-electron chi connectivity index (χ0n) is 18.5. The lowest BCUT2D eigenvalue weighted by molar-refractivity contribution is 0.0950. The molecule has 1 aliphatic rings. The third-order valence-electron chi connectivity index (χ3n) is 5.68. The first-order valence-electron chi connectivity index (χ1n) is 10.8. The number of rotatable bonds is 7. The van der Waals surface area contributed by atoms with Gasteiger partial charge in [0.05, 0.1) is 14.2 Å². The number of benzene rings is 2. The van der Waals surface area contributed by atoms with E-state index in [1.165, 1.54) is 19.3 Å². The molecule has 1 N–H and O–H groups in total. The van der Waals surface area contributed by atoms with Gasteiger partial charge in [-0.25, -0.2) is 4.98 Å². The van der Waals surface area contributed by atoms with Gasteiger partial charge in [-0.3, -0.25) is 9.78 Å². The first kappa shape index (κ1) is 21.6. The first-order valence-corrected chi connectivity index (χ1v) is 10.8. The van der Waals surface area contributed by atoms with E-state index in [4.69, 9.17) is 9.47 Å². The fraction of sp³-hybridized carbons (Fsp3) is 0.320. The normalized spacial score (nSPS) is 13.5. The molecule has 0 spiro atoms. The fourth-order valence-corrected chi connectivity index (χ4v) is 3.95. The summed E-state index contributed by atoms with van der Waals surface area (Å²) in [6.45, 7) is 2.34. The van der Waals surface area contributed by atoms with Crippen LogP contribution >= 0.6 is 0 Å². The van der Waals surface area contributed by atoms with Crippen LogP contribution in [0, 0.1) is 0 Å². The van der Waals surface area contributed by atoms with Crippen LogP contribution in [0.15, 0.2) is 54.9 Å². The largest absolute Gasteiger partial charge is 0.497 e. The number of amides is 1. The average Bonchev–Trinajstić information content (AvgIpc) is 2.87. The summed E-state index contributed by atoms with van der Waals surface area (Å²) in [6.07, 6.45) is 7.06. The third kappa shape index (κ3) is 4.82. The van der Waals surface area contributed by atoms with Gasteiger partial charge < -0.3 is 19.7 Å². The topological polar surface area (TPSA) is 76.6 Å². The van der Waals surface area contributed by atoms with Crippen molar-refractivity contribution in [2.24, 2.45) is 0 Å². The second-order valence-electron chi connectivity index (χ2n) is 7.71. The number of anilines is 1. The van der Waals surface area contributed by atoms with E-state index in [9.17, 15) is 4.79 Å². The summed E-state index contributed by atoms with van der Waals surface area (Å²) in [5.41, 5.74) is 3.23. The van der Waals surface area contributed by atoms with Crippen LogP contribution in [-0.4, -0.2) is 43.2 Å². The van der Waals surface area contributed by atoms with E-state index >= 15 is 0 Å². The van der Waals surface area contributed by atoms with Crippen molar-refractivity contribution in [3.63, 3.8) is 0 Å². The molecular weight excluding hydrogens is 404 g/mol. The molecule has 1 aromatic heterocycles. The molecule has 1 amide bonds. The molecule has 32 heavy (non-hydrogen) atoms. The second kappa shape index (κ2) is 10.1. The van der Waals surface area contributed by atoms with Crippen molar-refractivity contribution >= 4 is 11.7 Å². The van der Waals surface area contributed by atoms with Gasteiger partial charge in [0.15, 0.2) is 5.82 Å². The molecule has 0 saturated carbocycles. The molecule has 3 aromatic rings. The molecule has 0 aliphatic carbocycles. The molecule has 0 bridgehead atoms. The zero-order valence-corrected chi connectivity index (χ0v) is 18.5. The number of nitrogens with zero attached hydrogens (tertiary/aromatic N) is 3. The molecular formula is C25H28N4O3. The van der Waals surface area contributed by atoms with Crippen molar-refractivity contribution in [3.8, 4) is 22.8 Å². The molecule has 7 nitrogen and oxygen atoms in total. The Labute approximate surface area is 188 Å². The van der Waals surface area contributed by atoms with Crippen LogP contribution in [0.5, 0.6) is 11.5 Å². The Morgan fingerprint density at radius 2 is 1.72 bits per heavy atom. The number of ether oxygens (including phenoxy) is 2. The minimum Gasteiger partial charge on any atom is -0.497 e. The number of piperidine rings is 1. The third-order valence-corrected chi connectivity index (χ3v) is 5.68. The Morgan fingerprint density at radius 1 is 0.969 bits per heavy atom. The van der Waals surface area contributed by atoms with Crippen molar-refractivity contribution in [2.75, 3.05) is 32.2 Å². The minimum absolute atomic E-state index is 0.156. The highest BCUT2D eigenvalue weighted by atomic mass is 16.5. The van der Waals surface area contributed by atoms with Gasteiger partial charge in [-0.05, 0) is 49.6 Å². The van der Waals surface area contributed by atoms with E-state index in [-0.39, 0.29) is 5.91 Å². The summed E-state index contributed by atoms with van der Waals surface area (Å²) in [7, 11) is 3.22.